The molecule has 0 saturated carbocycles. The lowest BCUT2D eigenvalue weighted by Gasteiger charge is -2.15. The first-order valence-corrected chi connectivity index (χ1v) is 11.5. The topological polar surface area (TPSA) is 59.9 Å². The van der Waals surface area contributed by atoms with Crippen molar-refractivity contribution >= 4 is 38.8 Å². The fourth-order valence-electron chi connectivity index (χ4n) is 3.39. The Morgan fingerprint density at radius 2 is 1.76 bits per heavy atom. The number of amides is 1. The van der Waals surface area contributed by atoms with Crippen LogP contribution in [0.5, 0.6) is 11.5 Å². The largest absolute Gasteiger partial charge is 0.490 e. The number of ether oxygens (including phenoxy) is 2. The second kappa shape index (κ2) is 10.9. The molecule has 34 heavy (non-hydrogen) atoms. The number of nitrogens with one attached hydrogen (secondary N) is 1. The number of nitrogens with zero attached hydrogens (tertiary/aromatic N) is 1. The first-order valence-electron chi connectivity index (χ1n) is 10.7. The predicted molar refractivity (Wildman–Crippen MR) is 135 cm³/mol. The van der Waals surface area contributed by atoms with Gasteiger partial charge in [-0.3, -0.25) is 4.79 Å². The van der Waals surface area contributed by atoms with Crippen LogP contribution in [0.2, 0.25) is 0 Å². The normalized spacial score (nSPS) is 11.0. The van der Waals surface area contributed by atoms with Crippen molar-refractivity contribution in [2.24, 2.45) is 5.10 Å². The zero-order valence-corrected chi connectivity index (χ0v) is 20.0. The van der Waals surface area contributed by atoms with E-state index in [0.29, 0.717) is 39.3 Å². The van der Waals surface area contributed by atoms with E-state index in [9.17, 15) is 9.18 Å². The van der Waals surface area contributed by atoms with Gasteiger partial charge in [0.15, 0.2) is 11.5 Å². The van der Waals surface area contributed by atoms with Gasteiger partial charge in [0, 0.05) is 11.1 Å². The summed E-state index contributed by atoms with van der Waals surface area (Å²) in [5.74, 6) is 0.302. The Morgan fingerprint density at radius 3 is 2.56 bits per heavy atom. The summed E-state index contributed by atoms with van der Waals surface area (Å²) in [4.78, 5) is 12.5. The van der Waals surface area contributed by atoms with Crippen LogP contribution in [0.15, 0.2) is 88.4 Å². The van der Waals surface area contributed by atoms with E-state index in [2.05, 4.69) is 26.5 Å². The highest BCUT2D eigenvalue weighted by Gasteiger charge is 2.13. The van der Waals surface area contributed by atoms with Crippen LogP contribution in [0.25, 0.3) is 10.8 Å². The van der Waals surface area contributed by atoms with E-state index in [1.54, 1.807) is 36.4 Å². The number of halogens is 2. The Labute approximate surface area is 205 Å². The second-order valence-electron chi connectivity index (χ2n) is 7.40. The number of hydrogen-bond donors (Lipinski definition) is 1. The minimum absolute atomic E-state index is 0.0561. The molecule has 0 radical (unpaired) electrons. The average molecular weight is 521 g/mol. The van der Waals surface area contributed by atoms with Gasteiger partial charge in [-0.25, -0.2) is 9.82 Å². The molecule has 0 spiro atoms. The molecule has 0 unspecified atom stereocenters. The van der Waals surface area contributed by atoms with Gasteiger partial charge < -0.3 is 9.47 Å². The number of fused-ring (bicyclic) bond motifs is 1. The lowest BCUT2D eigenvalue weighted by molar-refractivity contribution is 0.0955. The summed E-state index contributed by atoms with van der Waals surface area (Å²) < 4.78 is 26.1. The van der Waals surface area contributed by atoms with Gasteiger partial charge in [0.25, 0.3) is 5.91 Å². The first-order chi connectivity index (χ1) is 16.5. The molecule has 0 heterocycles. The van der Waals surface area contributed by atoms with Crippen LogP contribution < -0.4 is 14.9 Å². The maximum absolute atomic E-state index is 13.9. The van der Waals surface area contributed by atoms with Crippen molar-refractivity contribution in [1.29, 1.82) is 0 Å². The molecule has 5 nitrogen and oxygen atoms in total. The van der Waals surface area contributed by atoms with Crippen LogP contribution in [0.3, 0.4) is 0 Å². The van der Waals surface area contributed by atoms with Crippen LogP contribution >= 0.6 is 15.9 Å². The Balaban J connectivity index is 1.47. The summed E-state index contributed by atoms with van der Waals surface area (Å²) in [6.45, 7) is 2.33. The molecule has 0 saturated heterocycles. The fourth-order valence-corrected chi connectivity index (χ4v) is 3.97. The van der Waals surface area contributed by atoms with Gasteiger partial charge in [-0.1, -0.05) is 48.5 Å². The predicted octanol–water partition coefficient (Wildman–Crippen LogP) is 6.48. The molecule has 172 valence electrons. The molecule has 0 fully saturated rings. The Kier molecular flexibility index (Phi) is 7.54. The third-order valence-electron chi connectivity index (χ3n) is 5.05. The van der Waals surface area contributed by atoms with Crippen molar-refractivity contribution in [3.8, 4) is 11.5 Å². The number of carbonyl (C=O) groups is 1. The summed E-state index contributed by atoms with van der Waals surface area (Å²) in [6.07, 6.45) is 1.52. The first kappa shape index (κ1) is 23.4. The molecule has 0 aliphatic carbocycles. The quantitative estimate of drug-likeness (QED) is 0.213. The van der Waals surface area contributed by atoms with Crippen molar-refractivity contribution in [3.05, 3.63) is 106 Å². The van der Waals surface area contributed by atoms with E-state index in [1.165, 1.54) is 12.3 Å². The minimum atomic E-state index is -0.331. The van der Waals surface area contributed by atoms with Gasteiger partial charge in [0.05, 0.1) is 17.3 Å². The zero-order chi connectivity index (χ0) is 23.9. The highest BCUT2D eigenvalue weighted by molar-refractivity contribution is 9.10. The molecular formula is C27H22BrFN2O3. The van der Waals surface area contributed by atoms with Crippen LogP contribution in [-0.2, 0) is 6.61 Å². The summed E-state index contributed by atoms with van der Waals surface area (Å²) in [6, 6.07) is 23.3. The molecule has 0 aromatic heterocycles. The molecule has 7 heteroatoms. The Morgan fingerprint density at radius 1 is 1.00 bits per heavy atom. The van der Waals surface area contributed by atoms with Crippen LogP contribution in [-0.4, -0.2) is 18.7 Å². The zero-order valence-electron chi connectivity index (χ0n) is 18.4. The molecule has 4 aromatic carbocycles. The molecule has 1 N–H and O–H groups in total. The third-order valence-corrected chi connectivity index (χ3v) is 5.64. The van der Waals surface area contributed by atoms with Crippen LogP contribution in [0.1, 0.15) is 28.4 Å². The Bertz CT molecular complexity index is 1360. The summed E-state index contributed by atoms with van der Waals surface area (Å²) >= 11 is 3.49. The van der Waals surface area contributed by atoms with Crippen LogP contribution in [0.4, 0.5) is 4.39 Å². The van der Waals surface area contributed by atoms with E-state index in [0.717, 1.165) is 10.8 Å². The molecule has 0 aliphatic heterocycles. The van der Waals surface area contributed by atoms with E-state index in [4.69, 9.17) is 9.47 Å². The van der Waals surface area contributed by atoms with E-state index >= 15 is 0 Å². The van der Waals surface area contributed by atoms with Gasteiger partial charge in [-0.2, -0.15) is 5.10 Å². The summed E-state index contributed by atoms with van der Waals surface area (Å²) in [5, 5.41) is 6.13. The average Bonchev–Trinajstić information content (AvgIpc) is 2.84. The fraction of sp³-hybridized carbons (Fsp3) is 0.111. The third kappa shape index (κ3) is 5.61. The van der Waals surface area contributed by atoms with E-state index in [-0.39, 0.29) is 18.3 Å². The lowest BCUT2D eigenvalue weighted by Crippen LogP contribution is -2.17. The number of rotatable bonds is 8. The maximum atomic E-state index is 13.9. The second-order valence-corrected chi connectivity index (χ2v) is 8.26. The van der Waals surface area contributed by atoms with Crippen molar-refractivity contribution < 1.29 is 18.7 Å². The molecule has 0 aliphatic rings. The molecule has 4 rings (SSSR count). The van der Waals surface area contributed by atoms with E-state index < -0.39 is 0 Å². The number of benzene rings is 4. The maximum Gasteiger partial charge on any atom is 0.271 e. The van der Waals surface area contributed by atoms with Gasteiger partial charge in [-0.05, 0) is 69.5 Å². The van der Waals surface area contributed by atoms with Gasteiger partial charge in [0.2, 0.25) is 0 Å². The summed E-state index contributed by atoms with van der Waals surface area (Å²) in [5.41, 5.74) is 4.20. The van der Waals surface area contributed by atoms with Crippen LogP contribution in [0, 0.1) is 5.82 Å². The standard InChI is InChI=1S/C27H22BrFN2O3/c1-2-33-25-14-18(13-23(28)26(25)34-17-22-9-5-6-10-24(22)29)16-30-31-27(32)21-12-11-19-7-3-4-8-20(19)15-21/h3-16H,2,17H2,1H3,(H,31,32)/b30-16-. The van der Waals surface area contributed by atoms with Gasteiger partial charge >= 0.3 is 0 Å². The molecular weight excluding hydrogens is 499 g/mol. The Hall–Kier alpha value is -3.71. The van der Waals surface area contributed by atoms with Crippen molar-refractivity contribution in [2.75, 3.05) is 6.61 Å². The molecule has 0 bridgehead atoms. The molecule has 0 atom stereocenters. The monoisotopic (exact) mass is 520 g/mol. The highest BCUT2D eigenvalue weighted by Crippen LogP contribution is 2.37. The number of carbonyl (C=O) groups excluding carboxylic acids is 1. The SMILES string of the molecule is CCOc1cc(/C=N\NC(=O)c2ccc3ccccc3c2)cc(Br)c1OCc1ccccc1F. The number of hydrogen-bond acceptors (Lipinski definition) is 4. The number of hydrazone groups is 1. The highest BCUT2D eigenvalue weighted by atomic mass is 79.9. The van der Waals surface area contributed by atoms with E-state index in [1.807, 2.05) is 43.3 Å². The van der Waals surface area contributed by atoms with Crippen molar-refractivity contribution in [2.45, 2.75) is 13.5 Å². The summed E-state index contributed by atoms with van der Waals surface area (Å²) in [7, 11) is 0. The lowest BCUT2D eigenvalue weighted by atomic mass is 10.1. The van der Waals surface area contributed by atoms with Crippen molar-refractivity contribution in [1.82, 2.24) is 5.43 Å². The smallest absolute Gasteiger partial charge is 0.271 e. The molecule has 1 amide bonds. The van der Waals surface area contributed by atoms with Gasteiger partial charge in [0.1, 0.15) is 12.4 Å². The minimum Gasteiger partial charge on any atom is -0.490 e. The van der Waals surface area contributed by atoms with Gasteiger partial charge in [-0.15, -0.1) is 0 Å². The van der Waals surface area contributed by atoms with Crippen molar-refractivity contribution in [3.63, 3.8) is 0 Å². The molecule has 4 aromatic rings.